The van der Waals surface area contributed by atoms with Crippen molar-refractivity contribution < 1.29 is 9.59 Å². The lowest BCUT2D eigenvalue weighted by Crippen LogP contribution is -2.42. The molecule has 1 aliphatic rings. The van der Waals surface area contributed by atoms with Crippen molar-refractivity contribution in [2.45, 2.75) is 12.8 Å². The summed E-state index contributed by atoms with van der Waals surface area (Å²) >= 11 is 1.57. The second kappa shape index (κ2) is 7.13. The molecule has 2 amide bonds. The van der Waals surface area contributed by atoms with Crippen molar-refractivity contribution in [3.8, 4) is 0 Å². The topological polar surface area (TPSA) is 53.5 Å². The zero-order valence-electron chi connectivity index (χ0n) is 13.9. The van der Waals surface area contributed by atoms with E-state index in [-0.39, 0.29) is 17.7 Å². The Kier molecular flexibility index (Phi) is 4.94. The summed E-state index contributed by atoms with van der Waals surface area (Å²) in [5, 5.41) is 0.835. The zero-order chi connectivity index (χ0) is 17.1. The first-order valence-electron chi connectivity index (χ1n) is 8.08. The Morgan fingerprint density at radius 2 is 1.96 bits per heavy atom. The number of piperidine rings is 1. The minimum atomic E-state index is -0.00925. The van der Waals surface area contributed by atoms with E-state index in [1.54, 1.807) is 42.5 Å². The van der Waals surface area contributed by atoms with Gasteiger partial charge in [0.1, 0.15) is 5.01 Å². The number of hydrogen-bond donors (Lipinski definition) is 0. The Balaban J connectivity index is 1.58. The lowest BCUT2D eigenvalue weighted by molar-refractivity contribution is -0.137. The van der Waals surface area contributed by atoms with Gasteiger partial charge in [0, 0.05) is 39.2 Å². The van der Waals surface area contributed by atoms with Gasteiger partial charge in [-0.05, 0) is 31.1 Å². The minimum absolute atomic E-state index is 0.00925. The van der Waals surface area contributed by atoms with Crippen molar-refractivity contribution in [3.05, 3.63) is 35.3 Å². The van der Waals surface area contributed by atoms with E-state index in [1.165, 1.54) is 0 Å². The summed E-state index contributed by atoms with van der Waals surface area (Å²) in [5.74, 6) is 0.189. The molecule has 1 aliphatic heterocycles. The highest BCUT2D eigenvalue weighted by Crippen LogP contribution is 2.23. The number of amides is 2. The van der Waals surface area contributed by atoms with Crippen LogP contribution in [0.1, 0.15) is 17.8 Å². The Morgan fingerprint density at radius 1 is 1.25 bits per heavy atom. The highest BCUT2D eigenvalue weighted by atomic mass is 32.1. The van der Waals surface area contributed by atoms with Crippen LogP contribution in [0.4, 0.5) is 0 Å². The van der Waals surface area contributed by atoms with Gasteiger partial charge >= 0.3 is 0 Å². The van der Waals surface area contributed by atoms with Crippen molar-refractivity contribution in [2.24, 2.45) is 5.92 Å². The van der Waals surface area contributed by atoms with E-state index in [9.17, 15) is 9.59 Å². The fourth-order valence-corrected chi connectivity index (χ4v) is 3.79. The lowest BCUT2D eigenvalue weighted by atomic mass is 9.95. The molecule has 0 bridgehead atoms. The van der Waals surface area contributed by atoms with Crippen LogP contribution in [0.5, 0.6) is 0 Å². The number of para-hydroxylation sites is 1. The van der Waals surface area contributed by atoms with Crippen LogP contribution < -0.4 is 0 Å². The molecule has 2 heterocycles. The number of fused-ring (bicyclic) bond motifs is 1. The maximum atomic E-state index is 12.3. The average Bonchev–Trinajstić information content (AvgIpc) is 3.02. The molecule has 0 radical (unpaired) electrons. The van der Waals surface area contributed by atoms with E-state index in [4.69, 9.17) is 0 Å². The molecule has 1 aromatic heterocycles. The number of carbonyl (C=O) groups excluding carboxylic acids is 2. The van der Waals surface area contributed by atoms with Crippen LogP contribution in [0.25, 0.3) is 16.3 Å². The summed E-state index contributed by atoms with van der Waals surface area (Å²) in [4.78, 5) is 32.2. The van der Waals surface area contributed by atoms with Crippen LogP contribution in [0.3, 0.4) is 0 Å². The Bertz CT molecular complexity index is 740. The summed E-state index contributed by atoms with van der Waals surface area (Å²) in [5.41, 5.74) is 0.956. The first-order valence-corrected chi connectivity index (χ1v) is 8.90. The first kappa shape index (κ1) is 16.6. The Morgan fingerprint density at radius 3 is 2.62 bits per heavy atom. The molecule has 1 saturated heterocycles. The van der Waals surface area contributed by atoms with E-state index < -0.39 is 0 Å². The molecule has 3 rings (SSSR count). The molecule has 5 nitrogen and oxygen atoms in total. The van der Waals surface area contributed by atoms with Crippen LogP contribution in [0.15, 0.2) is 30.3 Å². The lowest BCUT2D eigenvalue weighted by Gasteiger charge is -2.31. The Labute approximate surface area is 145 Å². The van der Waals surface area contributed by atoms with E-state index in [1.807, 2.05) is 29.2 Å². The van der Waals surface area contributed by atoms with Crippen molar-refractivity contribution in [1.29, 1.82) is 0 Å². The molecular formula is C18H21N3O2S. The summed E-state index contributed by atoms with van der Waals surface area (Å²) in [6, 6.07) is 7.94. The number of rotatable bonds is 3. The van der Waals surface area contributed by atoms with Gasteiger partial charge in [0.2, 0.25) is 11.8 Å². The molecule has 0 aliphatic carbocycles. The van der Waals surface area contributed by atoms with Gasteiger partial charge in [-0.15, -0.1) is 11.3 Å². The zero-order valence-corrected chi connectivity index (χ0v) is 14.8. The molecule has 0 atom stereocenters. The number of nitrogens with zero attached hydrogens (tertiary/aromatic N) is 3. The standard InChI is InChI=1S/C18H21N3O2S/c1-20(2)18(23)13-9-11-21(12-10-13)17(22)8-7-16-19-14-5-3-4-6-15(14)24-16/h3-8,13H,9-12H2,1-2H3. The predicted molar refractivity (Wildman–Crippen MR) is 96.7 cm³/mol. The maximum absolute atomic E-state index is 12.3. The Hall–Kier alpha value is -2.21. The molecule has 24 heavy (non-hydrogen) atoms. The van der Waals surface area contributed by atoms with E-state index in [0.29, 0.717) is 13.1 Å². The average molecular weight is 343 g/mol. The van der Waals surface area contributed by atoms with Crippen molar-refractivity contribution in [1.82, 2.24) is 14.8 Å². The van der Waals surface area contributed by atoms with Crippen LogP contribution >= 0.6 is 11.3 Å². The van der Waals surface area contributed by atoms with E-state index in [2.05, 4.69) is 4.98 Å². The molecule has 0 saturated carbocycles. The van der Waals surface area contributed by atoms with Gasteiger partial charge in [0.05, 0.1) is 10.2 Å². The molecule has 1 fully saturated rings. The third kappa shape index (κ3) is 3.64. The van der Waals surface area contributed by atoms with Gasteiger partial charge in [0.15, 0.2) is 0 Å². The third-order valence-corrected chi connectivity index (χ3v) is 5.28. The third-order valence-electron chi connectivity index (χ3n) is 4.28. The highest BCUT2D eigenvalue weighted by molar-refractivity contribution is 7.19. The van der Waals surface area contributed by atoms with E-state index in [0.717, 1.165) is 28.1 Å². The summed E-state index contributed by atoms with van der Waals surface area (Å²) in [6.07, 6.45) is 4.84. The quantitative estimate of drug-likeness (QED) is 0.805. The number of carbonyl (C=O) groups is 2. The fourth-order valence-electron chi connectivity index (χ4n) is 2.92. The van der Waals surface area contributed by atoms with E-state index >= 15 is 0 Å². The highest BCUT2D eigenvalue weighted by Gasteiger charge is 2.27. The second-order valence-corrected chi connectivity index (χ2v) is 7.25. The molecule has 0 spiro atoms. The van der Waals surface area contributed by atoms with Crippen molar-refractivity contribution in [2.75, 3.05) is 27.2 Å². The normalized spacial score (nSPS) is 16.0. The number of benzene rings is 1. The number of aromatic nitrogens is 1. The predicted octanol–water partition coefficient (Wildman–Crippen LogP) is 2.64. The van der Waals surface area contributed by atoms with Gasteiger partial charge in [-0.1, -0.05) is 12.1 Å². The summed E-state index contributed by atoms with van der Waals surface area (Å²) < 4.78 is 1.12. The van der Waals surface area contributed by atoms with Crippen LogP contribution in [0, 0.1) is 5.92 Å². The molecule has 1 aromatic carbocycles. The minimum Gasteiger partial charge on any atom is -0.349 e. The van der Waals surface area contributed by atoms with Crippen LogP contribution in [-0.4, -0.2) is 53.8 Å². The molecule has 0 N–H and O–H groups in total. The first-order chi connectivity index (χ1) is 11.5. The smallest absolute Gasteiger partial charge is 0.246 e. The second-order valence-electron chi connectivity index (χ2n) is 6.19. The van der Waals surface area contributed by atoms with Gasteiger partial charge in [-0.3, -0.25) is 9.59 Å². The monoisotopic (exact) mass is 343 g/mol. The summed E-state index contributed by atoms with van der Waals surface area (Å²) in [7, 11) is 3.56. The van der Waals surface area contributed by atoms with Gasteiger partial charge in [-0.25, -0.2) is 4.98 Å². The van der Waals surface area contributed by atoms with Gasteiger partial charge in [0.25, 0.3) is 0 Å². The summed E-state index contributed by atoms with van der Waals surface area (Å²) in [6.45, 7) is 1.26. The maximum Gasteiger partial charge on any atom is 0.246 e. The molecule has 126 valence electrons. The number of thiazole rings is 1. The molecule has 6 heteroatoms. The number of likely N-dealkylation sites (tertiary alicyclic amines) is 1. The fraction of sp³-hybridized carbons (Fsp3) is 0.389. The van der Waals surface area contributed by atoms with Gasteiger partial charge in [-0.2, -0.15) is 0 Å². The van der Waals surface area contributed by atoms with Gasteiger partial charge < -0.3 is 9.80 Å². The molecule has 0 unspecified atom stereocenters. The van der Waals surface area contributed by atoms with Crippen molar-refractivity contribution in [3.63, 3.8) is 0 Å². The molecule has 2 aromatic rings. The SMILES string of the molecule is CN(C)C(=O)C1CCN(C(=O)C=Cc2nc3ccccc3s2)CC1. The van der Waals surface area contributed by atoms with Crippen molar-refractivity contribution >= 4 is 39.4 Å². The van der Waals surface area contributed by atoms with Crippen LogP contribution in [0.2, 0.25) is 0 Å². The van der Waals surface area contributed by atoms with Crippen LogP contribution in [-0.2, 0) is 9.59 Å². The largest absolute Gasteiger partial charge is 0.349 e. The number of hydrogen-bond acceptors (Lipinski definition) is 4. The molecular weight excluding hydrogens is 322 g/mol.